The number of ketones is 1. The molecule has 7 heteroatoms. The summed E-state index contributed by atoms with van der Waals surface area (Å²) in [6.45, 7) is 3.01. The molecule has 3 amide bonds. The average Bonchev–Trinajstić information content (AvgIpc) is 2.81. The second-order valence-electron chi connectivity index (χ2n) is 7.97. The van der Waals surface area contributed by atoms with E-state index in [0.717, 1.165) is 12.0 Å². The van der Waals surface area contributed by atoms with Crippen molar-refractivity contribution in [3.05, 3.63) is 95.3 Å². The summed E-state index contributed by atoms with van der Waals surface area (Å²) in [7, 11) is 0. The van der Waals surface area contributed by atoms with E-state index in [0.29, 0.717) is 42.1 Å². The fourth-order valence-corrected chi connectivity index (χ4v) is 3.81. The maximum Gasteiger partial charge on any atom is 0.324 e. The molecule has 0 aliphatic carbocycles. The largest absolute Gasteiger partial charge is 0.324 e. The first-order chi connectivity index (χ1) is 15.9. The van der Waals surface area contributed by atoms with Crippen LogP contribution in [0.25, 0.3) is 0 Å². The Kier molecular flexibility index (Phi) is 6.49. The van der Waals surface area contributed by atoms with Gasteiger partial charge in [-0.25, -0.2) is 9.18 Å². The minimum absolute atomic E-state index is 0.0368. The molecule has 3 aromatic carbocycles. The Bertz CT molecular complexity index is 1180. The summed E-state index contributed by atoms with van der Waals surface area (Å²) in [6, 6.07) is 19.7. The lowest BCUT2D eigenvalue weighted by molar-refractivity contribution is 0.101. The molecule has 3 aromatic rings. The summed E-state index contributed by atoms with van der Waals surface area (Å²) in [4.78, 5) is 40.3. The number of anilines is 2. The van der Waals surface area contributed by atoms with Gasteiger partial charge in [-0.2, -0.15) is 0 Å². The highest BCUT2D eigenvalue weighted by molar-refractivity contribution is 6.05. The molecule has 0 aromatic heterocycles. The molecule has 1 aliphatic heterocycles. The summed E-state index contributed by atoms with van der Waals surface area (Å²) in [5.41, 5.74) is 3.07. The number of Topliss-reactive ketones (excluding diaryl/α,β-unsaturated/α-hetero) is 1. The smallest absolute Gasteiger partial charge is 0.322 e. The molecule has 1 N–H and O–H groups in total. The molecule has 1 aliphatic rings. The van der Waals surface area contributed by atoms with Crippen molar-refractivity contribution in [1.82, 2.24) is 4.90 Å². The van der Waals surface area contributed by atoms with Gasteiger partial charge in [0.15, 0.2) is 5.78 Å². The van der Waals surface area contributed by atoms with Gasteiger partial charge in [-0.1, -0.05) is 12.1 Å². The predicted octanol–water partition coefficient (Wildman–Crippen LogP) is 5.11. The third-order valence-corrected chi connectivity index (χ3v) is 5.56. The minimum Gasteiger partial charge on any atom is -0.322 e. The van der Waals surface area contributed by atoms with Gasteiger partial charge in [-0.3, -0.25) is 14.5 Å². The number of hydrogen-bond donors (Lipinski definition) is 1. The molecule has 168 valence electrons. The SMILES string of the molecule is CC(=O)c1ccc(NC(=O)c2ccc(N3CCCN(Cc4cccc(F)c4)C3=O)cc2)cc1. The second-order valence-corrected chi connectivity index (χ2v) is 7.97. The van der Waals surface area contributed by atoms with Gasteiger partial charge in [0.1, 0.15) is 5.82 Å². The van der Waals surface area contributed by atoms with Crippen LogP contribution >= 0.6 is 0 Å². The van der Waals surface area contributed by atoms with Crippen molar-refractivity contribution in [3.8, 4) is 0 Å². The Morgan fingerprint density at radius 1 is 0.939 bits per heavy atom. The number of urea groups is 1. The van der Waals surface area contributed by atoms with Crippen molar-refractivity contribution < 1.29 is 18.8 Å². The lowest BCUT2D eigenvalue weighted by Gasteiger charge is -2.35. The summed E-state index contributed by atoms with van der Waals surface area (Å²) in [5, 5.41) is 2.80. The van der Waals surface area contributed by atoms with E-state index in [-0.39, 0.29) is 23.5 Å². The molecule has 0 bridgehead atoms. The summed E-state index contributed by atoms with van der Waals surface area (Å²) in [6.07, 6.45) is 0.791. The third kappa shape index (κ3) is 5.26. The predicted molar refractivity (Wildman–Crippen MR) is 125 cm³/mol. The van der Waals surface area contributed by atoms with Crippen molar-refractivity contribution in [3.63, 3.8) is 0 Å². The van der Waals surface area contributed by atoms with Crippen molar-refractivity contribution in [1.29, 1.82) is 0 Å². The fourth-order valence-electron chi connectivity index (χ4n) is 3.81. The van der Waals surface area contributed by atoms with Gasteiger partial charge in [0.2, 0.25) is 0 Å². The molecule has 33 heavy (non-hydrogen) atoms. The van der Waals surface area contributed by atoms with Gasteiger partial charge in [0, 0.05) is 42.1 Å². The maximum absolute atomic E-state index is 13.5. The fraction of sp³-hybridized carbons (Fsp3) is 0.192. The number of hydrogen-bond acceptors (Lipinski definition) is 3. The van der Waals surface area contributed by atoms with Crippen molar-refractivity contribution in [2.75, 3.05) is 23.3 Å². The number of halogens is 1. The van der Waals surface area contributed by atoms with Gasteiger partial charge in [0.25, 0.3) is 5.91 Å². The van der Waals surface area contributed by atoms with Crippen LogP contribution in [0.4, 0.5) is 20.6 Å². The summed E-state index contributed by atoms with van der Waals surface area (Å²) in [5.74, 6) is -0.641. The van der Waals surface area contributed by atoms with Gasteiger partial charge in [-0.15, -0.1) is 0 Å². The van der Waals surface area contributed by atoms with Gasteiger partial charge in [0.05, 0.1) is 0 Å². The standard InChI is InChI=1S/C26H24FN3O3/c1-18(31)20-6-10-23(11-7-20)28-25(32)21-8-12-24(13-9-21)30-15-3-14-29(26(30)33)17-19-4-2-5-22(27)16-19/h2,4-13,16H,3,14-15,17H2,1H3,(H,28,32). The highest BCUT2D eigenvalue weighted by Gasteiger charge is 2.27. The van der Waals surface area contributed by atoms with Crippen molar-refractivity contribution in [2.24, 2.45) is 0 Å². The Morgan fingerprint density at radius 3 is 2.30 bits per heavy atom. The van der Waals surface area contributed by atoms with E-state index in [4.69, 9.17) is 0 Å². The van der Waals surface area contributed by atoms with Crippen LogP contribution in [0.1, 0.15) is 39.6 Å². The van der Waals surface area contributed by atoms with Gasteiger partial charge >= 0.3 is 6.03 Å². The van der Waals surface area contributed by atoms with Crippen LogP contribution in [0.3, 0.4) is 0 Å². The van der Waals surface area contributed by atoms with E-state index in [2.05, 4.69) is 5.32 Å². The lowest BCUT2D eigenvalue weighted by atomic mass is 10.1. The summed E-state index contributed by atoms with van der Waals surface area (Å²) < 4.78 is 13.5. The van der Waals surface area contributed by atoms with E-state index in [1.54, 1.807) is 70.5 Å². The van der Waals surface area contributed by atoms with E-state index in [9.17, 15) is 18.8 Å². The van der Waals surface area contributed by atoms with Crippen LogP contribution in [0.5, 0.6) is 0 Å². The normalized spacial score (nSPS) is 13.7. The molecule has 0 atom stereocenters. The van der Waals surface area contributed by atoms with Crippen molar-refractivity contribution >= 4 is 29.1 Å². The third-order valence-electron chi connectivity index (χ3n) is 5.56. The molecule has 4 rings (SSSR count). The number of carbonyl (C=O) groups excluding carboxylic acids is 3. The van der Waals surface area contributed by atoms with Gasteiger partial charge < -0.3 is 10.2 Å². The Hall–Kier alpha value is -4.00. The number of benzene rings is 3. The molecule has 1 saturated heterocycles. The van der Waals surface area contributed by atoms with Gasteiger partial charge in [-0.05, 0) is 79.6 Å². The number of carbonyl (C=O) groups is 3. The highest BCUT2D eigenvalue weighted by Crippen LogP contribution is 2.23. The number of rotatable bonds is 6. The van der Waals surface area contributed by atoms with Crippen LogP contribution in [0.2, 0.25) is 0 Å². The molecule has 1 heterocycles. The molecule has 0 saturated carbocycles. The quantitative estimate of drug-likeness (QED) is 0.536. The van der Waals surface area contributed by atoms with Crippen LogP contribution in [-0.2, 0) is 6.54 Å². The molecular weight excluding hydrogens is 421 g/mol. The number of nitrogens with zero attached hydrogens (tertiary/aromatic N) is 2. The topological polar surface area (TPSA) is 69.7 Å². The number of amides is 3. The van der Waals surface area contributed by atoms with Crippen LogP contribution < -0.4 is 10.2 Å². The average molecular weight is 445 g/mol. The molecule has 6 nitrogen and oxygen atoms in total. The monoisotopic (exact) mass is 445 g/mol. The first kappa shape index (κ1) is 22.2. The first-order valence-electron chi connectivity index (χ1n) is 10.7. The molecular formula is C26H24FN3O3. The summed E-state index contributed by atoms with van der Waals surface area (Å²) >= 11 is 0. The van der Waals surface area contributed by atoms with Crippen LogP contribution in [0.15, 0.2) is 72.8 Å². The molecule has 0 spiro atoms. The second kappa shape index (κ2) is 9.65. The number of nitrogens with one attached hydrogen (secondary N) is 1. The lowest BCUT2D eigenvalue weighted by Crippen LogP contribution is -2.49. The molecule has 1 fully saturated rings. The zero-order valence-electron chi connectivity index (χ0n) is 18.3. The van der Waals surface area contributed by atoms with E-state index in [1.165, 1.54) is 19.1 Å². The van der Waals surface area contributed by atoms with Crippen LogP contribution in [0, 0.1) is 5.82 Å². The zero-order chi connectivity index (χ0) is 23.4. The highest BCUT2D eigenvalue weighted by atomic mass is 19.1. The Morgan fingerprint density at radius 2 is 1.64 bits per heavy atom. The van der Waals surface area contributed by atoms with E-state index >= 15 is 0 Å². The first-order valence-corrected chi connectivity index (χ1v) is 10.7. The Labute approximate surface area is 191 Å². The van der Waals surface area contributed by atoms with E-state index in [1.807, 2.05) is 0 Å². The molecule has 0 unspecified atom stereocenters. The van der Waals surface area contributed by atoms with Crippen LogP contribution in [-0.4, -0.2) is 35.7 Å². The minimum atomic E-state index is -0.322. The Balaban J connectivity index is 1.41. The van der Waals surface area contributed by atoms with Crippen molar-refractivity contribution in [2.45, 2.75) is 19.9 Å². The van der Waals surface area contributed by atoms with E-state index < -0.39 is 0 Å². The molecule has 0 radical (unpaired) electrons. The zero-order valence-corrected chi connectivity index (χ0v) is 18.3. The maximum atomic E-state index is 13.5.